The van der Waals surface area contributed by atoms with Gasteiger partial charge in [0.1, 0.15) is 0 Å². The Morgan fingerprint density at radius 1 is 1.15 bits per heavy atom. The minimum absolute atomic E-state index is 0.160. The number of aliphatic hydroxyl groups is 2. The lowest BCUT2D eigenvalue weighted by atomic mass is 10.0. The Bertz CT molecular complexity index is 403. The van der Waals surface area contributed by atoms with E-state index in [1.165, 1.54) is 19.3 Å². The van der Waals surface area contributed by atoms with Crippen LogP contribution in [0.5, 0.6) is 0 Å². The fourth-order valence-corrected chi connectivity index (χ4v) is 1.63. The second-order valence-electron chi connectivity index (χ2n) is 4.66. The van der Waals surface area contributed by atoms with Gasteiger partial charge in [0.25, 0.3) is 0 Å². The van der Waals surface area contributed by atoms with Gasteiger partial charge in [-0.3, -0.25) is 4.79 Å². The largest absolute Gasteiger partial charge is 0.390 e. The zero-order chi connectivity index (χ0) is 15.2. The van der Waals surface area contributed by atoms with Crippen LogP contribution in [0.15, 0.2) is 12.7 Å². The number of unbranched alkanes of at least 4 members (excludes halogenated alkanes) is 4. The van der Waals surface area contributed by atoms with E-state index in [1.807, 2.05) is 0 Å². The summed E-state index contributed by atoms with van der Waals surface area (Å²) in [5.41, 5.74) is 0. The summed E-state index contributed by atoms with van der Waals surface area (Å²) in [5, 5.41) is 19.4. The molecule has 0 amide bonds. The maximum absolute atomic E-state index is 10.8. The van der Waals surface area contributed by atoms with E-state index < -0.39 is 12.2 Å². The molecule has 2 atom stereocenters. The molecule has 0 fully saturated rings. The van der Waals surface area contributed by atoms with E-state index in [-0.39, 0.29) is 12.2 Å². The highest BCUT2D eigenvalue weighted by molar-refractivity contribution is 6.04. The number of hydrogen-bond donors (Lipinski definition) is 2. The summed E-state index contributed by atoms with van der Waals surface area (Å²) in [6, 6.07) is 0. The first-order valence-electron chi connectivity index (χ1n) is 7.13. The monoisotopic (exact) mass is 276 g/mol. The first-order chi connectivity index (χ1) is 9.61. The number of aliphatic hydroxyl groups excluding tert-OH is 2. The van der Waals surface area contributed by atoms with Crippen LogP contribution in [0.4, 0.5) is 0 Å². The van der Waals surface area contributed by atoms with Gasteiger partial charge in [-0.05, 0) is 30.3 Å². The molecule has 0 heterocycles. The van der Waals surface area contributed by atoms with Crippen molar-refractivity contribution >= 4 is 5.78 Å². The van der Waals surface area contributed by atoms with Gasteiger partial charge in [0.05, 0.1) is 12.2 Å². The predicted octanol–water partition coefficient (Wildman–Crippen LogP) is 2.22. The highest BCUT2D eigenvalue weighted by Gasteiger charge is 2.14. The predicted molar refractivity (Wildman–Crippen MR) is 80.8 cm³/mol. The van der Waals surface area contributed by atoms with E-state index in [0.717, 1.165) is 18.9 Å². The summed E-state index contributed by atoms with van der Waals surface area (Å²) in [7, 11) is 0. The molecule has 0 saturated carbocycles. The van der Waals surface area contributed by atoms with Crippen molar-refractivity contribution in [2.45, 2.75) is 64.1 Å². The van der Waals surface area contributed by atoms with Gasteiger partial charge in [-0.2, -0.15) is 0 Å². The third-order valence-corrected chi connectivity index (χ3v) is 2.88. The van der Waals surface area contributed by atoms with E-state index in [2.05, 4.69) is 37.2 Å². The third kappa shape index (κ3) is 10.4. The molecule has 3 nitrogen and oxygen atoms in total. The molecular formula is C17H24O3. The molecular weight excluding hydrogens is 252 g/mol. The van der Waals surface area contributed by atoms with Crippen LogP contribution < -0.4 is 0 Å². The van der Waals surface area contributed by atoms with Crippen molar-refractivity contribution in [2.24, 2.45) is 0 Å². The number of carbonyl (C=O) groups is 1. The van der Waals surface area contributed by atoms with Crippen molar-refractivity contribution in [2.75, 3.05) is 0 Å². The Morgan fingerprint density at radius 2 is 1.85 bits per heavy atom. The lowest BCUT2D eigenvalue weighted by Crippen LogP contribution is -2.25. The van der Waals surface area contributed by atoms with Gasteiger partial charge in [-0.15, -0.1) is 0 Å². The Kier molecular flexibility index (Phi) is 11.5. The normalized spacial score (nSPS) is 12.3. The second-order valence-corrected chi connectivity index (χ2v) is 4.66. The molecule has 0 saturated heterocycles. The van der Waals surface area contributed by atoms with Crippen LogP contribution in [0.3, 0.4) is 0 Å². The number of carbonyl (C=O) groups excluding carboxylic acids is 1. The van der Waals surface area contributed by atoms with Gasteiger partial charge in [0.15, 0.2) is 0 Å². The van der Waals surface area contributed by atoms with Crippen LogP contribution in [0.1, 0.15) is 51.9 Å². The molecule has 0 aliphatic rings. The molecule has 0 aromatic carbocycles. The second kappa shape index (κ2) is 12.5. The third-order valence-electron chi connectivity index (χ3n) is 2.88. The summed E-state index contributed by atoms with van der Waals surface area (Å²) in [4.78, 5) is 10.8. The smallest absolute Gasteiger partial charge is 0.229 e. The van der Waals surface area contributed by atoms with Gasteiger partial charge in [-0.1, -0.05) is 51.5 Å². The highest BCUT2D eigenvalue weighted by Crippen LogP contribution is 2.10. The Morgan fingerprint density at radius 3 is 2.50 bits per heavy atom. The Balaban J connectivity index is 3.86. The van der Waals surface area contributed by atoms with Gasteiger partial charge < -0.3 is 10.2 Å². The lowest BCUT2D eigenvalue weighted by molar-refractivity contribution is -0.109. The average Bonchev–Trinajstić information content (AvgIpc) is 2.45. The van der Waals surface area contributed by atoms with Gasteiger partial charge >= 0.3 is 0 Å². The van der Waals surface area contributed by atoms with Crippen LogP contribution in [-0.4, -0.2) is 28.2 Å². The van der Waals surface area contributed by atoms with Crippen molar-refractivity contribution in [3.05, 3.63) is 12.7 Å². The van der Waals surface area contributed by atoms with Crippen LogP contribution >= 0.6 is 0 Å². The van der Waals surface area contributed by atoms with Crippen molar-refractivity contribution in [1.82, 2.24) is 0 Å². The fourth-order valence-electron chi connectivity index (χ4n) is 1.63. The summed E-state index contributed by atoms with van der Waals surface area (Å²) in [6.45, 7) is 5.44. The summed E-state index contributed by atoms with van der Waals surface area (Å²) >= 11 is 0. The lowest BCUT2D eigenvalue weighted by Gasteiger charge is -2.15. The molecule has 0 radical (unpaired) electrons. The van der Waals surface area contributed by atoms with Crippen LogP contribution in [-0.2, 0) is 4.79 Å². The molecule has 0 spiro atoms. The summed E-state index contributed by atoms with van der Waals surface area (Å²) < 4.78 is 0. The maximum Gasteiger partial charge on any atom is 0.229 e. The van der Waals surface area contributed by atoms with Crippen LogP contribution in [0.25, 0.3) is 0 Å². The highest BCUT2D eigenvalue weighted by atomic mass is 16.3. The fraction of sp³-hybridized carbons (Fsp3) is 0.588. The quantitative estimate of drug-likeness (QED) is 0.294. The van der Waals surface area contributed by atoms with E-state index in [0.29, 0.717) is 6.42 Å². The van der Waals surface area contributed by atoms with Gasteiger partial charge in [0.2, 0.25) is 5.78 Å². The molecule has 2 unspecified atom stereocenters. The topological polar surface area (TPSA) is 57.5 Å². The van der Waals surface area contributed by atoms with Crippen LogP contribution in [0.2, 0.25) is 0 Å². The standard InChI is InChI=1S/C17H24O3/c1-3-5-6-7-10-13-16(19)17(20)14-11-8-9-12-15(18)4-2/h4,16-17,19-20H,2-3,5-7,10,13-14H2,1H3. The molecule has 0 bridgehead atoms. The maximum atomic E-state index is 10.8. The molecule has 110 valence electrons. The van der Waals surface area contributed by atoms with E-state index in [1.54, 1.807) is 0 Å². The SMILES string of the molecule is C=CC(=O)C#CC#CCC(O)C(O)CCCCCCC. The molecule has 3 heteroatoms. The minimum Gasteiger partial charge on any atom is -0.390 e. The number of allylic oxidation sites excluding steroid dienone is 1. The van der Waals surface area contributed by atoms with Gasteiger partial charge in [-0.25, -0.2) is 0 Å². The number of ketones is 1. The van der Waals surface area contributed by atoms with Gasteiger partial charge in [0, 0.05) is 6.42 Å². The molecule has 0 aromatic rings. The first kappa shape index (κ1) is 18.4. The molecule has 20 heavy (non-hydrogen) atoms. The van der Waals surface area contributed by atoms with Crippen molar-refractivity contribution < 1.29 is 15.0 Å². The zero-order valence-corrected chi connectivity index (χ0v) is 12.2. The van der Waals surface area contributed by atoms with E-state index >= 15 is 0 Å². The molecule has 0 aliphatic carbocycles. The number of hydrogen-bond acceptors (Lipinski definition) is 3. The van der Waals surface area contributed by atoms with Crippen molar-refractivity contribution in [3.63, 3.8) is 0 Å². The zero-order valence-electron chi connectivity index (χ0n) is 12.2. The number of rotatable bonds is 9. The Hall–Kier alpha value is -1.55. The summed E-state index contributed by atoms with van der Waals surface area (Å²) in [5.74, 6) is 9.36. The minimum atomic E-state index is -0.856. The molecule has 0 rings (SSSR count). The molecule has 0 aliphatic heterocycles. The first-order valence-corrected chi connectivity index (χ1v) is 7.13. The average molecular weight is 276 g/mol. The van der Waals surface area contributed by atoms with E-state index in [4.69, 9.17) is 0 Å². The Labute approximate surface area is 122 Å². The van der Waals surface area contributed by atoms with E-state index in [9.17, 15) is 15.0 Å². The van der Waals surface area contributed by atoms with Crippen molar-refractivity contribution in [3.8, 4) is 23.7 Å². The molecule has 0 aromatic heterocycles. The van der Waals surface area contributed by atoms with Crippen molar-refractivity contribution in [1.29, 1.82) is 0 Å². The van der Waals surface area contributed by atoms with Crippen LogP contribution in [0, 0.1) is 23.7 Å². The summed E-state index contributed by atoms with van der Waals surface area (Å²) in [6.07, 6.45) is 5.84. The molecule has 2 N–H and O–H groups in total.